The predicted octanol–water partition coefficient (Wildman–Crippen LogP) is 4.35. The van der Waals surface area contributed by atoms with Crippen LogP contribution in [0.4, 0.5) is 0 Å². The Kier molecular flexibility index (Phi) is 5.67. The second kappa shape index (κ2) is 8.15. The molecule has 2 aromatic rings. The number of thiophene rings is 1. The molecule has 2 aliphatic rings. The Labute approximate surface area is 164 Å². The van der Waals surface area contributed by atoms with Crippen molar-refractivity contribution in [3.8, 4) is 0 Å². The van der Waals surface area contributed by atoms with Crippen LogP contribution in [0, 0.1) is 5.92 Å². The molecular formula is C21H26N2OS2. The summed E-state index contributed by atoms with van der Waals surface area (Å²) >= 11 is 3.51. The first-order valence-corrected chi connectivity index (χ1v) is 11.3. The van der Waals surface area contributed by atoms with Gasteiger partial charge in [-0.3, -0.25) is 9.69 Å². The summed E-state index contributed by atoms with van der Waals surface area (Å²) in [6.07, 6.45) is 3.35. The Morgan fingerprint density at radius 1 is 1.23 bits per heavy atom. The zero-order valence-electron chi connectivity index (χ0n) is 15.2. The number of hydrogen-bond donors (Lipinski definition) is 1. The second-order valence-corrected chi connectivity index (χ2v) is 9.64. The van der Waals surface area contributed by atoms with Gasteiger partial charge in [0.05, 0.1) is 11.3 Å². The molecule has 1 N–H and O–H groups in total. The van der Waals surface area contributed by atoms with Gasteiger partial charge in [-0.05, 0) is 61.3 Å². The lowest BCUT2D eigenvalue weighted by molar-refractivity contribution is -0.120. The molecule has 138 valence electrons. The van der Waals surface area contributed by atoms with Crippen molar-refractivity contribution in [3.63, 3.8) is 0 Å². The van der Waals surface area contributed by atoms with Crippen LogP contribution in [0.3, 0.4) is 0 Å². The third kappa shape index (κ3) is 4.00. The molecule has 3 nitrogen and oxygen atoms in total. The molecule has 0 spiro atoms. The van der Waals surface area contributed by atoms with Crippen molar-refractivity contribution in [1.29, 1.82) is 0 Å². The molecule has 5 heteroatoms. The molecule has 1 fully saturated rings. The quantitative estimate of drug-likeness (QED) is 0.829. The Balaban J connectivity index is 1.38. The fraction of sp³-hybridized carbons (Fsp3) is 0.476. The molecule has 1 amide bonds. The van der Waals surface area contributed by atoms with E-state index in [1.54, 1.807) is 23.1 Å². The lowest BCUT2D eigenvalue weighted by atomic mass is 9.97. The van der Waals surface area contributed by atoms with Crippen LogP contribution in [0.25, 0.3) is 0 Å². The van der Waals surface area contributed by atoms with Gasteiger partial charge < -0.3 is 5.32 Å². The summed E-state index contributed by atoms with van der Waals surface area (Å²) in [5.74, 6) is 0.997. The molecule has 2 aliphatic heterocycles. The van der Waals surface area contributed by atoms with E-state index in [-0.39, 0.29) is 11.2 Å². The zero-order chi connectivity index (χ0) is 17.9. The fourth-order valence-electron chi connectivity index (χ4n) is 3.87. The van der Waals surface area contributed by atoms with Crippen LogP contribution in [0.1, 0.15) is 36.2 Å². The van der Waals surface area contributed by atoms with Gasteiger partial charge in [0.25, 0.3) is 0 Å². The van der Waals surface area contributed by atoms with Crippen LogP contribution in [0.2, 0.25) is 0 Å². The second-order valence-electron chi connectivity index (χ2n) is 7.41. The van der Waals surface area contributed by atoms with E-state index in [1.165, 1.54) is 28.2 Å². The molecule has 1 saturated heterocycles. The van der Waals surface area contributed by atoms with E-state index in [2.05, 4.69) is 58.9 Å². The number of nitrogens with zero attached hydrogens (tertiary/aromatic N) is 1. The van der Waals surface area contributed by atoms with E-state index in [1.807, 2.05) is 0 Å². The van der Waals surface area contributed by atoms with Gasteiger partial charge in [0.15, 0.2) is 0 Å². The molecule has 26 heavy (non-hydrogen) atoms. The van der Waals surface area contributed by atoms with Crippen molar-refractivity contribution in [2.45, 2.75) is 42.4 Å². The third-order valence-corrected chi connectivity index (χ3v) is 7.83. The summed E-state index contributed by atoms with van der Waals surface area (Å²) in [4.78, 5) is 18.0. The van der Waals surface area contributed by atoms with Gasteiger partial charge in [-0.2, -0.15) is 0 Å². The first kappa shape index (κ1) is 18.1. The molecule has 1 aromatic heterocycles. The highest BCUT2D eigenvalue weighted by molar-refractivity contribution is 8.01. The maximum absolute atomic E-state index is 12.8. The topological polar surface area (TPSA) is 32.3 Å². The molecule has 0 unspecified atom stereocenters. The highest BCUT2D eigenvalue weighted by Crippen LogP contribution is 2.37. The average molecular weight is 387 g/mol. The Hall–Kier alpha value is -1.30. The largest absolute Gasteiger partial charge is 0.353 e. The molecule has 0 saturated carbocycles. The summed E-state index contributed by atoms with van der Waals surface area (Å²) in [5, 5.41) is 5.41. The summed E-state index contributed by atoms with van der Waals surface area (Å²) in [7, 11) is 0. The lowest BCUT2D eigenvalue weighted by Crippen LogP contribution is -2.43. The third-order valence-electron chi connectivity index (χ3n) is 5.54. The zero-order valence-corrected chi connectivity index (χ0v) is 16.8. The first-order chi connectivity index (χ1) is 12.7. The van der Waals surface area contributed by atoms with Crippen molar-refractivity contribution in [2.75, 3.05) is 19.6 Å². The lowest BCUT2D eigenvalue weighted by Gasteiger charge is -2.36. The van der Waals surface area contributed by atoms with Crippen LogP contribution in [-0.2, 0) is 11.2 Å². The van der Waals surface area contributed by atoms with E-state index in [0.717, 1.165) is 25.4 Å². The Bertz CT molecular complexity index is 713. The van der Waals surface area contributed by atoms with Crippen LogP contribution in [0.5, 0.6) is 0 Å². The number of thioether (sulfide) groups is 1. The number of fused-ring (bicyclic) bond motifs is 1. The molecule has 2 atom stereocenters. The van der Waals surface area contributed by atoms with Crippen molar-refractivity contribution >= 4 is 29.0 Å². The molecule has 4 rings (SSSR count). The van der Waals surface area contributed by atoms with E-state index in [9.17, 15) is 4.79 Å². The number of rotatable bonds is 5. The monoisotopic (exact) mass is 386 g/mol. The maximum Gasteiger partial charge on any atom is 0.233 e. The molecular weight excluding hydrogens is 360 g/mol. The average Bonchev–Trinajstić information content (AvgIpc) is 3.33. The number of carbonyl (C=O) groups is 1. The first-order valence-electron chi connectivity index (χ1n) is 9.50. The van der Waals surface area contributed by atoms with Crippen LogP contribution in [-0.4, -0.2) is 35.7 Å². The molecule has 3 heterocycles. The van der Waals surface area contributed by atoms with Crippen molar-refractivity contribution in [3.05, 3.63) is 52.2 Å². The Morgan fingerprint density at radius 3 is 2.77 bits per heavy atom. The normalized spacial score (nSPS) is 22.1. The van der Waals surface area contributed by atoms with Gasteiger partial charge in [-0.1, -0.05) is 31.2 Å². The number of hydrogen-bond acceptors (Lipinski definition) is 4. The van der Waals surface area contributed by atoms with Gasteiger partial charge in [0, 0.05) is 16.3 Å². The van der Waals surface area contributed by atoms with E-state index < -0.39 is 0 Å². The number of likely N-dealkylation sites (tertiary alicyclic amines) is 1. The summed E-state index contributed by atoms with van der Waals surface area (Å²) in [6, 6.07) is 13.0. The minimum absolute atomic E-state index is 0.0118. The summed E-state index contributed by atoms with van der Waals surface area (Å²) < 4.78 is 0. The van der Waals surface area contributed by atoms with Gasteiger partial charge in [0.1, 0.15) is 0 Å². The van der Waals surface area contributed by atoms with Crippen molar-refractivity contribution in [2.24, 2.45) is 5.92 Å². The van der Waals surface area contributed by atoms with Gasteiger partial charge >= 0.3 is 0 Å². The summed E-state index contributed by atoms with van der Waals surface area (Å²) in [5.41, 5.74) is 1.30. The number of carbonyl (C=O) groups excluding carboxylic acids is 1. The van der Waals surface area contributed by atoms with Crippen LogP contribution < -0.4 is 5.32 Å². The predicted molar refractivity (Wildman–Crippen MR) is 110 cm³/mol. The minimum atomic E-state index is 0.0118. The Morgan fingerprint density at radius 2 is 2.04 bits per heavy atom. The van der Waals surface area contributed by atoms with E-state index >= 15 is 0 Å². The van der Waals surface area contributed by atoms with Gasteiger partial charge in [-0.25, -0.2) is 0 Å². The molecule has 1 aromatic carbocycles. The van der Waals surface area contributed by atoms with E-state index in [0.29, 0.717) is 12.6 Å². The summed E-state index contributed by atoms with van der Waals surface area (Å²) in [6.45, 7) is 5.31. The number of piperidine rings is 1. The SMILES string of the molecule is CC1CCN([C@@H](CNC(=O)[C@H]2Cc3ccccc3S2)c2cccs2)CC1. The number of nitrogens with one attached hydrogen (secondary N) is 1. The van der Waals surface area contributed by atoms with Crippen molar-refractivity contribution in [1.82, 2.24) is 10.2 Å². The highest BCUT2D eigenvalue weighted by Gasteiger charge is 2.30. The number of benzene rings is 1. The fourth-order valence-corrected chi connectivity index (χ4v) is 5.95. The van der Waals surface area contributed by atoms with Gasteiger partial charge in [0.2, 0.25) is 5.91 Å². The van der Waals surface area contributed by atoms with Crippen molar-refractivity contribution < 1.29 is 4.79 Å². The molecule has 0 bridgehead atoms. The van der Waals surface area contributed by atoms with Gasteiger partial charge in [-0.15, -0.1) is 23.1 Å². The smallest absolute Gasteiger partial charge is 0.233 e. The number of amides is 1. The maximum atomic E-state index is 12.8. The molecule has 0 radical (unpaired) electrons. The van der Waals surface area contributed by atoms with Crippen LogP contribution in [0.15, 0.2) is 46.7 Å². The standard InChI is InChI=1S/C21H26N2OS2/c1-15-8-10-23(11-9-15)17(19-7-4-12-25-19)14-22-21(24)20-13-16-5-2-3-6-18(16)26-20/h2-7,12,15,17,20H,8-11,13-14H2,1H3,(H,22,24)/t17-,20+/m0/s1. The minimum Gasteiger partial charge on any atom is -0.353 e. The molecule has 0 aliphatic carbocycles. The van der Waals surface area contributed by atoms with E-state index in [4.69, 9.17) is 0 Å². The van der Waals surface area contributed by atoms with Crippen LogP contribution >= 0.6 is 23.1 Å². The highest BCUT2D eigenvalue weighted by atomic mass is 32.2.